The van der Waals surface area contributed by atoms with Crippen LogP contribution in [0.5, 0.6) is 11.5 Å². The molecule has 1 saturated heterocycles. The van der Waals surface area contributed by atoms with Crippen LogP contribution in [0.3, 0.4) is 0 Å². The van der Waals surface area contributed by atoms with Gasteiger partial charge in [-0.3, -0.25) is 9.59 Å². The Kier molecular flexibility index (Phi) is 5.87. The first-order chi connectivity index (χ1) is 13.5. The van der Waals surface area contributed by atoms with Crippen LogP contribution >= 0.6 is 0 Å². The van der Waals surface area contributed by atoms with Gasteiger partial charge in [0.15, 0.2) is 0 Å². The quantitative estimate of drug-likeness (QED) is 0.768. The van der Waals surface area contributed by atoms with E-state index in [2.05, 4.69) is 0 Å². The molecular weight excluding hydrogens is 356 g/mol. The average Bonchev–Trinajstić information content (AvgIpc) is 3.09. The number of hydrogen-bond acceptors (Lipinski definition) is 4. The van der Waals surface area contributed by atoms with Crippen molar-refractivity contribution in [3.8, 4) is 11.5 Å². The fourth-order valence-electron chi connectivity index (χ4n) is 3.60. The summed E-state index contributed by atoms with van der Waals surface area (Å²) in [5.74, 6) is 0.682. The number of rotatable bonds is 6. The molecule has 1 heterocycles. The summed E-state index contributed by atoms with van der Waals surface area (Å²) >= 11 is 0. The average molecular weight is 382 g/mol. The molecule has 148 valence electrons. The Balaban J connectivity index is 1.85. The van der Waals surface area contributed by atoms with Crippen LogP contribution in [-0.2, 0) is 9.59 Å². The number of hydrogen-bond donors (Lipinski definition) is 0. The van der Waals surface area contributed by atoms with Crippen molar-refractivity contribution in [1.29, 1.82) is 0 Å². The first kappa shape index (κ1) is 19.7. The number of benzene rings is 2. The summed E-state index contributed by atoms with van der Waals surface area (Å²) in [6.07, 6.45) is 0.182. The maximum Gasteiger partial charge on any atom is 0.232 e. The van der Waals surface area contributed by atoms with Crippen LogP contribution in [0.4, 0.5) is 11.4 Å². The minimum Gasteiger partial charge on any atom is -0.497 e. The highest BCUT2D eigenvalue weighted by molar-refractivity contribution is 6.05. The lowest BCUT2D eigenvalue weighted by molar-refractivity contribution is -0.124. The van der Waals surface area contributed by atoms with Crippen LogP contribution in [-0.4, -0.2) is 39.1 Å². The third-order valence-corrected chi connectivity index (χ3v) is 5.05. The summed E-state index contributed by atoms with van der Waals surface area (Å²) < 4.78 is 10.7. The molecule has 0 N–H and O–H groups in total. The third kappa shape index (κ3) is 3.81. The van der Waals surface area contributed by atoms with Crippen molar-refractivity contribution in [1.82, 2.24) is 0 Å². The SMILES string of the molecule is CCN(C(=O)[C@@H]1CC(=O)N(c2cc(OC)ccc2OC)C1)c1cccc(C)c1. The monoisotopic (exact) mass is 382 g/mol. The summed E-state index contributed by atoms with van der Waals surface area (Å²) in [6.45, 7) is 4.82. The van der Waals surface area contributed by atoms with Crippen LogP contribution in [0.1, 0.15) is 18.9 Å². The molecule has 0 radical (unpaired) electrons. The second kappa shape index (κ2) is 8.33. The lowest BCUT2D eigenvalue weighted by atomic mass is 10.1. The number of carbonyl (C=O) groups is 2. The van der Waals surface area contributed by atoms with E-state index in [4.69, 9.17) is 9.47 Å². The number of aryl methyl sites for hydroxylation is 1. The van der Waals surface area contributed by atoms with Gasteiger partial charge in [-0.1, -0.05) is 12.1 Å². The maximum absolute atomic E-state index is 13.2. The van der Waals surface area contributed by atoms with E-state index < -0.39 is 5.92 Å². The molecule has 1 atom stereocenters. The Morgan fingerprint density at radius 1 is 1.18 bits per heavy atom. The summed E-state index contributed by atoms with van der Waals surface area (Å²) in [4.78, 5) is 29.3. The number of ether oxygens (including phenoxy) is 2. The van der Waals surface area contributed by atoms with Crippen molar-refractivity contribution in [3.63, 3.8) is 0 Å². The molecule has 1 aliphatic rings. The van der Waals surface area contributed by atoms with Crippen molar-refractivity contribution < 1.29 is 19.1 Å². The summed E-state index contributed by atoms with van der Waals surface area (Å²) in [7, 11) is 3.13. The minimum absolute atomic E-state index is 0.0363. The van der Waals surface area contributed by atoms with E-state index in [-0.39, 0.29) is 18.2 Å². The van der Waals surface area contributed by atoms with Crippen LogP contribution in [0, 0.1) is 12.8 Å². The van der Waals surface area contributed by atoms with Gasteiger partial charge < -0.3 is 19.3 Å². The molecule has 6 heteroatoms. The lowest BCUT2D eigenvalue weighted by Crippen LogP contribution is -2.37. The lowest BCUT2D eigenvalue weighted by Gasteiger charge is -2.25. The van der Waals surface area contributed by atoms with Gasteiger partial charge in [-0.05, 0) is 43.7 Å². The molecule has 0 aromatic heterocycles. The van der Waals surface area contributed by atoms with E-state index in [0.717, 1.165) is 11.3 Å². The number of methoxy groups -OCH3 is 2. The molecule has 6 nitrogen and oxygen atoms in total. The van der Waals surface area contributed by atoms with Crippen molar-refractivity contribution in [2.45, 2.75) is 20.3 Å². The highest BCUT2D eigenvalue weighted by Gasteiger charge is 2.38. The molecule has 0 bridgehead atoms. The fourth-order valence-corrected chi connectivity index (χ4v) is 3.60. The van der Waals surface area contributed by atoms with E-state index in [1.165, 1.54) is 0 Å². The smallest absolute Gasteiger partial charge is 0.232 e. The zero-order valence-corrected chi connectivity index (χ0v) is 16.8. The Hall–Kier alpha value is -3.02. The predicted molar refractivity (Wildman–Crippen MR) is 109 cm³/mol. The number of nitrogens with zero attached hydrogens (tertiary/aromatic N) is 2. The minimum atomic E-state index is -0.399. The van der Waals surface area contributed by atoms with E-state index in [1.807, 2.05) is 38.1 Å². The third-order valence-electron chi connectivity index (χ3n) is 5.05. The van der Waals surface area contributed by atoms with Gasteiger partial charge in [-0.15, -0.1) is 0 Å². The van der Waals surface area contributed by atoms with Crippen molar-refractivity contribution >= 4 is 23.2 Å². The Morgan fingerprint density at radius 3 is 2.61 bits per heavy atom. The van der Waals surface area contributed by atoms with E-state index >= 15 is 0 Å². The zero-order valence-electron chi connectivity index (χ0n) is 16.8. The largest absolute Gasteiger partial charge is 0.497 e. The zero-order chi connectivity index (χ0) is 20.3. The molecule has 2 aromatic carbocycles. The van der Waals surface area contributed by atoms with Gasteiger partial charge >= 0.3 is 0 Å². The highest BCUT2D eigenvalue weighted by Crippen LogP contribution is 2.36. The molecule has 1 aliphatic heterocycles. The Morgan fingerprint density at radius 2 is 1.96 bits per heavy atom. The van der Waals surface area contributed by atoms with Crippen molar-refractivity contribution in [3.05, 3.63) is 48.0 Å². The maximum atomic E-state index is 13.2. The molecule has 0 aliphatic carbocycles. The van der Waals surface area contributed by atoms with Gasteiger partial charge in [0.1, 0.15) is 11.5 Å². The van der Waals surface area contributed by atoms with E-state index in [9.17, 15) is 9.59 Å². The molecule has 0 unspecified atom stereocenters. The molecule has 1 fully saturated rings. The van der Waals surface area contributed by atoms with Gasteiger partial charge in [0.05, 0.1) is 25.8 Å². The second-order valence-electron chi connectivity index (χ2n) is 6.86. The molecule has 2 aromatic rings. The van der Waals surface area contributed by atoms with E-state index in [0.29, 0.717) is 30.3 Å². The Labute approximate surface area is 165 Å². The summed E-state index contributed by atoms with van der Waals surface area (Å²) in [6, 6.07) is 13.2. The molecular formula is C22H26N2O4. The van der Waals surface area contributed by atoms with Gasteiger partial charge in [-0.2, -0.15) is 0 Å². The Bertz CT molecular complexity index is 881. The predicted octanol–water partition coefficient (Wildman–Crippen LogP) is 3.42. The first-order valence-electron chi connectivity index (χ1n) is 9.39. The molecule has 0 spiro atoms. The topological polar surface area (TPSA) is 59.1 Å². The number of anilines is 2. The summed E-state index contributed by atoms with van der Waals surface area (Å²) in [5, 5.41) is 0. The van der Waals surface area contributed by atoms with Crippen LogP contribution < -0.4 is 19.3 Å². The fraction of sp³-hybridized carbons (Fsp3) is 0.364. The van der Waals surface area contributed by atoms with Crippen LogP contribution in [0.25, 0.3) is 0 Å². The van der Waals surface area contributed by atoms with Gasteiger partial charge in [-0.25, -0.2) is 0 Å². The van der Waals surface area contributed by atoms with E-state index in [1.54, 1.807) is 42.2 Å². The van der Waals surface area contributed by atoms with Crippen LogP contribution in [0.15, 0.2) is 42.5 Å². The first-order valence-corrected chi connectivity index (χ1v) is 9.39. The van der Waals surface area contributed by atoms with Crippen LogP contribution in [0.2, 0.25) is 0 Å². The van der Waals surface area contributed by atoms with Gasteiger partial charge in [0, 0.05) is 31.3 Å². The number of amides is 2. The molecule has 28 heavy (non-hydrogen) atoms. The highest BCUT2D eigenvalue weighted by atomic mass is 16.5. The van der Waals surface area contributed by atoms with Gasteiger partial charge in [0.2, 0.25) is 11.8 Å². The molecule has 0 saturated carbocycles. The van der Waals surface area contributed by atoms with Crippen molar-refractivity contribution in [2.24, 2.45) is 5.92 Å². The van der Waals surface area contributed by atoms with Gasteiger partial charge in [0.25, 0.3) is 0 Å². The standard InChI is InChI=1S/C22H26N2O4/c1-5-23(17-8-6-7-15(2)11-17)22(26)16-12-21(25)24(14-16)19-13-18(27-3)9-10-20(19)28-4/h6-11,13,16H,5,12,14H2,1-4H3/t16-/m1/s1. The van der Waals surface area contributed by atoms with Crippen molar-refractivity contribution in [2.75, 3.05) is 37.1 Å². The number of carbonyl (C=O) groups excluding carboxylic acids is 2. The molecule has 2 amide bonds. The summed E-state index contributed by atoms with van der Waals surface area (Å²) in [5.41, 5.74) is 2.58. The normalized spacial score (nSPS) is 16.2. The molecule has 3 rings (SSSR count). The second-order valence-corrected chi connectivity index (χ2v) is 6.86.